The monoisotopic (exact) mass is 385 g/mol. The van der Waals surface area contributed by atoms with E-state index in [2.05, 4.69) is 22.3 Å². The smallest absolute Gasteiger partial charge is 0.221 e. The first-order valence-electron chi connectivity index (χ1n) is 11.4. The second kappa shape index (κ2) is 11.0. The summed E-state index contributed by atoms with van der Waals surface area (Å²) in [5.74, 6) is 2.43. The van der Waals surface area contributed by atoms with Crippen molar-refractivity contribution >= 4 is 11.6 Å². The third kappa shape index (κ3) is 6.89. The van der Waals surface area contributed by atoms with Crippen LogP contribution < -0.4 is 11.1 Å². The fraction of sp³-hybridized carbons (Fsp3) is 0.708. The number of nitrogens with one attached hydrogen (secondary N) is 1. The fourth-order valence-corrected chi connectivity index (χ4v) is 5.11. The second-order valence-electron chi connectivity index (χ2n) is 9.20. The largest absolute Gasteiger partial charge is 0.330 e. The van der Waals surface area contributed by atoms with Gasteiger partial charge in [0.15, 0.2) is 0 Å². The summed E-state index contributed by atoms with van der Waals surface area (Å²) in [5, 5.41) is 2.86. The molecule has 156 valence electrons. The first-order chi connectivity index (χ1) is 13.6. The van der Waals surface area contributed by atoms with Gasteiger partial charge >= 0.3 is 0 Å². The summed E-state index contributed by atoms with van der Waals surface area (Å²) < 4.78 is 0. The number of anilines is 1. The lowest BCUT2D eigenvalue weighted by molar-refractivity contribution is -0.114. The lowest BCUT2D eigenvalue weighted by Gasteiger charge is -2.35. The summed E-state index contributed by atoms with van der Waals surface area (Å²) in [7, 11) is 0. The van der Waals surface area contributed by atoms with E-state index >= 15 is 0 Å². The number of hydrogen-bond donors (Lipinski definition) is 2. The molecule has 28 heavy (non-hydrogen) atoms. The molecule has 2 fully saturated rings. The van der Waals surface area contributed by atoms with Crippen molar-refractivity contribution in [3.8, 4) is 0 Å². The normalized spacial score (nSPS) is 23.7. The Morgan fingerprint density at radius 3 is 2.07 bits per heavy atom. The number of carbonyl (C=O) groups is 1. The van der Waals surface area contributed by atoms with Crippen molar-refractivity contribution in [3.05, 3.63) is 29.8 Å². The van der Waals surface area contributed by atoms with Crippen molar-refractivity contribution in [3.63, 3.8) is 0 Å². The minimum atomic E-state index is -0.0141. The maximum absolute atomic E-state index is 11.2. The maximum atomic E-state index is 11.2. The van der Waals surface area contributed by atoms with Crippen molar-refractivity contribution in [2.75, 3.05) is 25.0 Å². The summed E-state index contributed by atoms with van der Waals surface area (Å²) in [6, 6.07) is 8.40. The van der Waals surface area contributed by atoms with E-state index in [0.717, 1.165) is 36.5 Å². The van der Waals surface area contributed by atoms with E-state index in [-0.39, 0.29) is 5.91 Å². The molecule has 0 bridgehead atoms. The first kappa shape index (κ1) is 21.3. The molecule has 0 radical (unpaired) electrons. The van der Waals surface area contributed by atoms with Crippen molar-refractivity contribution in [1.82, 2.24) is 4.90 Å². The van der Waals surface area contributed by atoms with Crippen LogP contribution in [0.4, 0.5) is 5.69 Å². The van der Waals surface area contributed by atoms with Gasteiger partial charge in [-0.3, -0.25) is 9.69 Å². The van der Waals surface area contributed by atoms with Crippen LogP contribution in [0.15, 0.2) is 24.3 Å². The Hall–Kier alpha value is -1.39. The third-order valence-corrected chi connectivity index (χ3v) is 6.74. The third-order valence-electron chi connectivity index (χ3n) is 6.74. The van der Waals surface area contributed by atoms with E-state index in [1.54, 1.807) is 6.92 Å². The summed E-state index contributed by atoms with van der Waals surface area (Å²) in [6.45, 7) is 5.90. The van der Waals surface area contributed by atoms with Crippen LogP contribution >= 0.6 is 0 Å². The molecule has 0 spiro atoms. The molecule has 2 aliphatic rings. The highest BCUT2D eigenvalue weighted by atomic mass is 16.1. The Kier molecular flexibility index (Phi) is 8.35. The van der Waals surface area contributed by atoms with Crippen molar-refractivity contribution in [2.45, 2.75) is 71.3 Å². The highest BCUT2D eigenvalue weighted by Gasteiger charge is 2.24. The van der Waals surface area contributed by atoms with Gasteiger partial charge in [-0.1, -0.05) is 31.4 Å². The van der Waals surface area contributed by atoms with Gasteiger partial charge in [-0.15, -0.1) is 0 Å². The molecule has 4 heteroatoms. The van der Waals surface area contributed by atoms with E-state index in [1.165, 1.54) is 76.4 Å². The van der Waals surface area contributed by atoms with Gasteiger partial charge in [-0.25, -0.2) is 0 Å². The van der Waals surface area contributed by atoms with E-state index in [9.17, 15) is 4.79 Å². The Balaban J connectivity index is 1.59. The zero-order chi connectivity index (χ0) is 19.8. The Labute approximate surface area is 171 Å². The van der Waals surface area contributed by atoms with E-state index < -0.39 is 0 Å². The number of nitrogens with two attached hydrogens (primary N) is 1. The molecule has 0 aliphatic heterocycles. The predicted octanol–water partition coefficient (Wildman–Crippen LogP) is 4.79. The number of nitrogens with zero attached hydrogens (tertiary/aromatic N) is 1. The molecule has 0 aromatic heterocycles. The molecule has 0 heterocycles. The lowest BCUT2D eigenvalue weighted by atomic mass is 9.81. The van der Waals surface area contributed by atoms with Crippen LogP contribution in [0.2, 0.25) is 0 Å². The van der Waals surface area contributed by atoms with Crippen LogP contribution in [0, 0.1) is 17.8 Å². The molecule has 3 N–H and O–H groups in total. The van der Waals surface area contributed by atoms with E-state index in [0.29, 0.717) is 0 Å². The van der Waals surface area contributed by atoms with Crippen molar-refractivity contribution in [1.29, 1.82) is 0 Å². The lowest BCUT2D eigenvalue weighted by Crippen LogP contribution is -2.36. The molecule has 2 aliphatic carbocycles. The molecule has 4 nitrogen and oxygen atoms in total. The van der Waals surface area contributed by atoms with Gasteiger partial charge in [0, 0.05) is 32.2 Å². The van der Waals surface area contributed by atoms with Gasteiger partial charge in [0.25, 0.3) is 0 Å². The van der Waals surface area contributed by atoms with Gasteiger partial charge in [-0.2, -0.15) is 0 Å². The van der Waals surface area contributed by atoms with Crippen LogP contribution in [0.1, 0.15) is 70.3 Å². The van der Waals surface area contributed by atoms with Gasteiger partial charge in [0.1, 0.15) is 0 Å². The van der Waals surface area contributed by atoms with Crippen LogP contribution in [0.3, 0.4) is 0 Å². The Morgan fingerprint density at radius 1 is 0.929 bits per heavy atom. The zero-order valence-corrected chi connectivity index (χ0v) is 17.7. The molecular formula is C24H39N3O. The molecule has 0 unspecified atom stereocenters. The molecule has 1 aromatic rings. The van der Waals surface area contributed by atoms with Crippen molar-refractivity contribution < 1.29 is 4.79 Å². The zero-order valence-electron chi connectivity index (χ0n) is 17.7. The minimum Gasteiger partial charge on any atom is -0.330 e. The SMILES string of the molecule is CC(=O)Nc1ccc(CN(CC2CCCCC2)CC2CCC(CN)CC2)cc1. The summed E-state index contributed by atoms with van der Waals surface area (Å²) in [6.07, 6.45) is 12.3. The molecule has 1 aromatic carbocycles. The molecule has 0 atom stereocenters. The van der Waals surface area contributed by atoms with Gasteiger partial charge in [-0.05, 0) is 80.5 Å². The molecule has 3 rings (SSSR count). The van der Waals surface area contributed by atoms with Crippen LogP contribution in [-0.2, 0) is 11.3 Å². The van der Waals surface area contributed by atoms with Gasteiger partial charge < -0.3 is 11.1 Å². The fourth-order valence-electron chi connectivity index (χ4n) is 5.11. The number of carbonyl (C=O) groups excluding carboxylic acids is 1. The molecule has 0 saturated heterocycles. The van der Waals surface area contributed by atoms with E-state index in [1.807, 2.05) is 12.1 Å². The molecule has 1 amide bonds. The Bertz CT molecular complexity index is 586. The number of rotatable bonds is 8. The predicted molar refractivity (Wildman–Crippen MR) is 117 cm³/mol. The average Bonchev–Trinajstić information content (AvgIpc) is 2.70. The Morgan fingerprint density at radius 2 is 1.50 bits per heavy atom. The standard InChI is InChI=1S/C24H39N3O/c1-19(28)26-24-13-11-23(12-14-24)18-27(16-21-5-3-2-4-6-21)17-22-9-7-20(15-25)8-10-22/h11-14,20-22H,2-10,15-18,25H2,1H3,(H,26,28). The van der Waals surface area contributed by atoms with Crippen LogP contribution in [0.5, 0.6) is 0 Å². The highest BCUT2D eigenvalue weighted by Crippen LogP contribution is 2.30. The number of benzene rings is 1. The van der Waals surface area contributed by atoms with Crippen molar-refractivity contribution in [2.24, 2.45) is 23.5 Å². The average molecular weight is 386 g/mol. The first-order valence-corrected chi connectivity index (χ1v) is 11.4. The van der Waals surface area contributed by atoms with Gasteiger partial charge in [0.2, 0.25) is 5.91 Å². The maximum Gasteiger partial charge on any atom is 0.221 e. The number of amides is 1. The quantitative estimate of drug-likeness (QED) is 0.676. The molecule has 2 saturated carbocycles. The van der Waals surface area contributed by atoms with Crippen LogP contribution in [0.25, 0.3) is 0 Å². The second-order valence-corrected chi connectivity index (χ2v) is 9.20. The highest BCUT2D eigenvalue weighted by molar-refractivity contribution is 5.88. The summed E-state index contributed by atoms with van der Waals surface area (Å²) in [5.41, 5.74) is 8.11. The summed E-state index contributed by atoms with van der Waals surface area (Å²) in [4.78, 5) is 14.0. The van der Waals surface area contributed by atoms with Gasteiger partial charge in [0.05, 0.1) is 0 Å². The topological polar surface area (TPSA) is 58.4 Å². The minimum absolute atomic E-state index is 0.0141. The molecular weight excluding hydrogens is 346 g/mol. The van der Waals surface area contributed by atoms with E-state index in [4.69, 9.17) is 5.73 Å². The summed E-state index contributed by atoms with van der Waals surface area (Å²) >= 11 is 0. The number of hydrogen-bond acceptors (Lipinski definition) is 3. The van der Waals surface area contributed by atoms with Crippen LogP contribution in [-0.4, -0.2) is 30.4 Å².